The molecule has 0 saturated carbocycles. The van der Waals surface area contributed by atoms with Gasteiger partial charge in [0.2, 0.25) is 0 Å². The summed E-state index contributed by atoms with van der Waals surface area (Å²) in [6.45, 7) is 4.05. The number of carboxylic acids is 1. The van der Waals surface area contributed by atoms with Gasteiger partial charge in [0.1, 0.15) is 5.75 Å². The molecule has 0 amide bonds. The number of carbonyl (C=O) groups is 1. The molecule has 3 nitrogen and oxygen atoms in total. The van der Waals surface area contributed by atoms with E-state index >= 15 is 0 Å². The quantitative estimate of drug-likeness (QED) is 0.843. The predicted molar refractivity (Wildman–Crippen MR) is 71.2 cm³/mol. The number of ether oxygens (including phenoxy) is 1. The van der Waals surface area contributed by atoms with Crippen LogP contribution < -0.4 is 4.74 Å². The minimum Gasteiger partial charge on any atom is -0.491 e. The lowest BCUT2D eigenvalue weighted by Gasteiger charge is -2.13. The molecule has 0 bridgehead atoms. The predicted octanol–water partition coefficient (Wildman–Crippen LogP) is 3.72. The van der Waals surface area contributed by atoms with Gasteiger partial charge in [-0.2, -0.15) is 0 Å². The maximum absolute atomic E-state index is 10.5. The Balaban J connectivity index is 2.90. The molecule has 0 aliphatic rings. The fraction of sp³-hybridized carbons (Fsp3) is 0.308. The molecule has 0 spiro atoms. The summed E-state index contributed by atoms with van der Waals surface area (Å²) in [5.41, 5.74) is 0.785. The van der Waals surface area contributed by atoms with Crippen LogP contribution in [0.2, 0.25) is 0 Å². The fourth-order valence-electron chi connectivity index (χ4n) is 1.20. The molecule has 4 heteroatoms. The van der Waals surface area contributed by atoms with Crippen molar-refractivity contribution in [3.63, 3.8) is 0 Å². The molecule has 0 radical (unpaired) electrons. The number of halogens is 1. The highest BCUT2D eigenvalue weighted by Crippen LogP contribution is 2.24. The van der Waals surface area contributed by atoms with E-state index in [0.717, 1.165) is 28.3 Å². The second kappa shape index (κ2) is 6.45. The number of hydrogen-bond acceptors (Lipinski definition) is 2. The first-order valence-electron chi connectivity index (χ1n) is 5.40. The molecule has 0 heterocycles. The first-order valence-corrected chi connectivity index (χ1v) is 6.19. The molecule has 0 saturated heterocycles. The summed E-state index contributed by atoms with van der Waals surface area (Å²) in [6.07, 6.45) is 3.71. The van der Waals surface area contributed by atoms with Crippen LogP contribution in [0, 0.1) is 0 Å². The zero-order valence-electron chi connectivity index (χ0n) is 9.81. The van der Waals surface area contributed by atoms with Crippen molar-refractivity contribution in [3.05, 3.63) is 34.3 Å². The summed E-state index contributed by atoms with van der Waals surface area (Å²) in [7, 11) is 0. The standard InChI is InChI=1S/C13H15BrO3/c1-3-9(2)17-11-5-6-12(14)10(8-11)4-7-13(15)16/h4-9H,3H2,1-2H3,(H,15,16)/b7-4+. The zero-order valence-corrected chi connectivity index (χ0v) is 11.4. The average Bonchev–Trinajstić information content (AvgIpc) is 2.29. The van der Waals surface area contributed by atoms with E-state index in [1.54, 1.807) is 0 Å². The van der Waals surface area contributed by atoms with Crippen LogP contribution in [-0.2, 0) is 4.79 Å². The summed E-state index contributed by atoms with van der Waals surface area (Å²) in [4.78, 5) is 10.5. The number of benzene rings is 1. The average molecular weight is 299 g/mol. The van der Waals surface area contributed by atoms with Gasteiger partial charge < -0.3 is 9.84 Å². The van der Waals surface area contributed by atoms with Crippen LogP contribution in [0.5, 0.6) is 5.75 Å². The van der Waals surface area contributed by atoms with E-state index in [-0.39, 0.29) is 6.10 Å². The zero-order chi connectivity index (χ0) is 12.8. The first kappa shape index (κ1) is 13.8. The Morgan fingerprint density at radius 2 is 2.29 bits per heavy atom. The van der Waals surface area contributed by atoms with Crippen LogP contribution in [0.1, 0.15) is 25.8 Å². The van der Waals surface area contributed by atoms with Crippen molar-refractivity contribution in [3.8, 4) is 5.75 Å². The Labute approximate surface area is 109 Å². The molecule has 1 rings (SSSR count). The number of aliphatic carboxylic acids is 1. The highest BCUT2D eigenvalue weighted by atomic mass is 79.9. The molecule has 1 atom stereocenters. The van der Waals surface area contributed by atoms with Gasteiger partial charge in [-0.15, -0.1) is 0 Å². The third kappa shape index (κ3) is 4.61. The van der Waals surface area contributed by atoms with Crippen LogP contribution in [0.4, 0.5) is 0 Å². The van der Waals surface area contributed by atoms with Crippen molar-refractivity contribution in [2.75, 3.05) is 0 Å². The fourth-order valence-corrected chi connectivity index (χ4v) is 1.58. The van der Waals surface area contributed by atoms with Crippen LogP contribution in [0.25, 0.3) is 6.08 Å². The third-order valence-electron chi connectivity index (χ3n) is 2.29. The second-order valence-electron chi connectivity index (χ2n) is 3.69. The molecule has 1 aromatic rings. The molecular formula is C13H15BrO3. The molecule has 1 aromatic carbocycles. The molecule has 1 N–H and O–H groups in total. The van der Waals surface area contributed by atoms with Crippen molar-refractivity contribution in [1.82, 2.24) is 0 Å². The summed E-state index contributed by atoms with van der Waals surface area (Å²) in [5.74, 6) is -0.224. The van der Waals surface area contributed by atoms with Crippen molar-refractivity contribution >= 4 is 28.0 Å². The lowest BCUT2D eigenvalue weighted by Crippen LogP contribution is -2.09. The molecule has 17 heavy (non-hydrogen) atoms. The van der Waals surface area contributed by atoms with E-state index in [0.29, 0.717) is 0 Å². The van der Waals surface area contributed by atoms with Crippen molar-refractivity contribution < 1.29 is 14.6 Å². The second-order valence-corrected chi connectivity index (χ2v) is 4.55. The van der Waals surface area contributed by atoms with Crippen molar-refractivity contribution in [2.24, 2.45) is 0 Å². The monoisotopic (exact) mass is 298 g/mol. The first-order chi connectivity index (χ1) is 8.02. The Hall–Kier alpha value is -1.29. The Morgan fingerprint density at radius 1 is 1.59 bits per heavy atom. The van der Waals surface area contributed by atoms with E-state index in [1.807, 2.05) is 25.1 Å². The summed E-state index contributed by atoms with van der Waals surface area (Å²) >= 11 is 3.36. The van der Waals surface area contributed by atoms with Crippen LogP contribution in [0.3, 0.4) is 0 Å². The van der Waals surface area contributed by atoms with Crippen molar-refractivity contribution in [2.45, 2.75) is 26.4 Å². The molecule has 0 aliphatic carbocycles. The van der Waals surface area contributed by atoms with E-state index in [4.69, 9.17) is 9.84 Å². The van der Waals surface area contributed by atoms with Crippen LogP contribution in [-0.4, -0.2) is 17.2 Å². The number of carboxylic acid groups (broad SMARTS) is 1. The van der Waals surface area contributed by atoms with E-state index < -0.39 is 5.97 Å². The Morgan fingerprint density at radius 3 is 2.88 bits per heavy atom. The normalized spacial score (nSPS) is 12.6. The smallest absolute Gasteiger partial charge is 0.328 e. The summed E-state index contributed by atoms with van der Waals surface area (Å²) in [6, 6.07) is 5.52. The topological polar surface area (TPSA) is 46.5 Å². The molecule has 92 valence electrons. The van der Waals surface area contributed by atoms with Crippen LogP contribution in [0.15, 0.2) is 28.7 Å². The summed E-state index contributed by atoms with van der Waals surface area (Å²) in [5, 5.41) is 8.59. The highest BCUT2D eigenvalue weighted by Gasteiger charge is 2.04. The number of hydrogen-bond donors (Lipinski definition) is 1. The van der Waals surface area contributed by atoms with Gasteiger partial charge in [0.05, 0.1) is 6.10 Å². The Bertz CT molecular complexity index is 427. The van der Waals surface area contributed by atoms with E-state index in [1.165, 1.54) is 6.08 Å². The minimum absolute atomic E-state index is 0.146. The van der Waals surface area contributed by atoms with Gasteiger partial charge in [0.25, 0.3) is 0 Å². The molecule has 0 fully saturated rings. The third-order valence-corrected chi connectivity index (χ3v) is 3.01. The SMILES string of the molecule is CCC(C)Oc1ccc(Br)c(/C=C/C(=O)O)c1. The van der Waals surface area contributed by atoms with Gasteiger partial charge in [-0.3, -0.25) is 0 Å². The Kier molecular flexibility index (Phi) is 5.22. The van der Waals surface area contributed by atoms with E-state index in [9.17, 15) is 4.79 Å². The highest BCUT2D eigenvalue weighted by molar-refractivity contribution is 9.10. The van der Waals surface area contributed by atoms with Crippen molar-refractivity contribution in [1.29, 1.82) is 0 Å². The van der Waals surface area contributed by atoms with Gasteiger partial charge >= 0.3 is 5.97 Å². The van der Waals surface area contributed by atoms with Gasteiger partial charge in [-0.1, -0.05) is 22.9 Å². The van der Waals surface area contributed by atoms with Gasteiger partial charge in [0.15, 0.2) is 0 Å². The molecular weight excluding hydrogens is 284 g/mol. The number of rotatable bonds is 5. The largest absolute Gasteiger partial charge is 0.491 e. The van der Waals surface area contributed by atoms with Gasteiger partial charge in [-0.25, -0.2) is 4.79 Å². The van der Waals surface area contributed by atoms with E-state index in [2.05, 4.69) is 22.9 Å². The molecule has 1 unspecified atom stereocenters. The lowest BCUT2D eigenvalue weighted by atomic mass is 10.2. The molecule has 0 aromatic heterocycles. The minimum atomic E-state index is -0.967. The lowest BCUT2D eigenvalue weighted by molar-refractivity contribution is -0.131. The van der Waals surface area contributed by atoms with Gasteiger partial charge in [0, 0.05) is 10.5 Å². The van der Waals surface area contributed by atoms with Crippen LogP contribution >= 0.6 is 15.9 Å². The summed E-state index contributed by atoms with van der Waals surface area (Å²) < 4.78 is 6.50. The maximum atomic E-state index is 10.5. The molecule has 0 aliphatic heterocycles. The maximum Gasteiger partial charge on any atom is 0.328 e. The van der Waals surface area contributed by atoms with Gasteiger partial charge in [-0.05, 0) is 43.2 Å².